The van der Waals surface area contributed by atoms with Crippen LogP contribution < -0.4 is 10.6 Å². The summed E-state index contributed by atoms with van der Waals surface area (Å²) in [6.07, 6.45) is 10.5. The number of hydrogen-bond acceptors (Lipinski definition) is 3. The van der Waals surface area contributed by atoms with Gasteiger partial charge in [0, 0.05) is 18.0 Å². The lowest BCUT2D eigenvalue weighted by Crippen LogP contribution is -2.26. The summed E-state index contributed by atoms with van der Waals surface area (Å²) in [4.78, 5) is 14.6. The quantitative estimate of drug-likeness (QED) is 0.663. The molecule has 0 aromatic carbocycles. The molecule has 21 heavy (non-hydrogen) atoms. The largest absolute Gasteiger partial charge is 0.351 e. The molecule has 0 unspecified atom stereocenters. The van der Waals surface area contributed by atoms with Crippen LogP contribution in [0.4, 0.5) is 0 Å². The van der Waals surface area contributed by atoms with Crippen molar-refractivity contribution in [2.75, 3.05) is 19.6 Å². The number of carbonyl (C=O) groups excluding carboxylic acids is 1. The van der Waals surface area contributed by atoms with Crippen molar-refractivity contribution in [3.63, 3.8) is 0 Å². The van der Waals surface area contributed by atoms with Crippen LogP contribution in [0, 0.1) is 0 Å². The monoisotopic (exact) mass is 304 g/mol. The highest BCUT2D eigenvalue weighted by molar-refractivity contribution is 7.14. The van der Waals surface area contributed by atoms with Gasteiger partial charge in [-0.3, -0.25) is 4.79 Å². The van der Waals surface area contributed by atoms with Crippen molar-refractivity contribution in [3.05, 3.63) is 33.0 Å². The van der Waals surface area contributed by atoms with Crippen LogP contribution in [0.5, 0.6) is 0 Å². The Labute approximate surface area is 130 Å². The summed E-state index contributed by atoms with van der Waals surface area (Å²) in [5.41, 5.74) is 2.89. The number of fused-ring (bicyclic) bond motifs is 1. The molecule has 0 atom stereocenters. The van der Waals surface area contributed by atoms with Crippen molar-refractivity contribution in [2.24, 2.45) is 0 Å². The van der Waals surface area contributed by atoms with Crippen molar-refractivity contribution < 1.29 is 4.79 Å². The number of carbonyl (C=O) groups is 1. The Morgan fingerprint density at radius 2 is 2.14 bits per heavy atom. The first kappa shape index (κ1) is 14.8. The topological polar surface area (TPSA) is 41.1 Å². The van der Waals surface area contributed by atoms with Gasteiger partial charge in [-0.15, -0.1) is 11.3 Å². The molecule has 0 fully saturated rings. The molecule has 1 aliphatic carbocycles. The zero-order valence-electron chi connectivity index (χ0n) is 12.5. The van der Waals surface area contributed by atoms with E-state index < -0.39 is 0 Å². The first-order valence-electron chi connectivity index (χ1n) is 8.11. The van der Waals surface area contributed by atoms with Crippen LogP contribution in [0.3, 0.4) is 0 Å². The van der Waals surface area contributed by atoms with Gasteiger partial charge < -0.3 is 10.6 Å². The highest BCUT2D eigenvalue weighted by atomic mass is 32.1. The molecule has 1 aliphatic heterocycles. The SMILES string of the molecule is O=C(NCCC1=CCNCC1)c1cc2c(s1)CCCCC2. The van der Waals surface area contributed by atoms with Crippen LogP contribution in [-0.4, -0.2) is 25.5 Å². The second-order valence-electron chi connectivity index (χ2n) is 5.94. The maximum atomic E-state index is 12.3. The smallest absolute Gasteiger partial charge is 0.261 e. The fourth-order valence-corrected chi connectivity index (χ4v) is 4.27. The maximum absolute atomic E-state index is 12.3. The van der Waals surface area contributed by atoms with Gasteiger partial charge in [-0.25, -0.2) is 0 Å². The van der Waals surface area contributed by atoms with Gasteiger partial charge in [0.15, 0.2) is 0 Å². The van der Waals surface area contributed by atoms with E-state index in [1.54, 1.807) is 11.3 Å². The molecule has 3 rings (SSSR count). The highest BCUT2D eigenvalue weighted by Gasteiger charge is 2.16. The molecular weight excluding hydrogens is 280 g/mol. The molecule has 1 aromatic rings. The molecule has 1 aromatic heterocycles. The van der Waals surface area contributed by atoms with Gasteiger partial charge in [-0.05, 0) is 56.7 Å². The standard InChI is InChI=1S/C17H24N2OS/c20-17(19-11-8-13-6-9-18-10-7-13)16-12-14-4-2-1-3-5-15(14)21-16/h6,12,18H,1-5,7-11H2,(H,19,20). The molecule has 2 aliphatic rings. The van der Waals surface area contributed by atoms with Crippen molar-refractivity contribution in [3.8, 4) is 0 Å². The highest BCUT2D eigenvalue weighted by Crippen LogP contribution is 2.28. The average Bonchev–Trinajstić information content (AvgIpc) is 2.79. The molecule has 1 amide bonds. The van der Waals surface area contributed by atoms with Crippen LogP contribution in [-0.2, 0) is 12.8 Å². The first-order chi connectivity index (χ1) is 10.3. The van der Waals surface area contributed by atoms with E-state index in [4.69, 9.17) is 0 Å². The van der Waals surface area contributed by atoms with Gasteiger partial charge in [-0.2, -0.15) is 0 Å². The summed E-state index contributed by atoms with van der Waals surface area (Å²) < 4.78 is 0. The van der Waals surface area contributed by atoms with Crippen LogP contribution in [0.1, 0.15) is 52.2 Å². The molecule has 0 bridgehead atoms. The minimum atomic E-state index is 0.114. The third-order valence-electron chi connectivity index (χ3n) is 4.36. The molecule has 114 valence electrons. The Balaban J connectivity index is 1.52. The van der Waals surface area contributed by atoms with Crippen molar-refractivity contribution >= 4 is 17.2 Å². The zero-order chi connectivity index (χ0) is 14.5. The predicted octanol–water partition coefficient (Wildman–Crippen LogP) is 3.06. The van der Waals surface area contributed by atoms with Gasteiger partial charge in [0.25, 0.3) is 5.91 Å². The van der Waals surface area contributed by atoms with Gasteiger partial charge in [-0.1, -0.05) is 18.1 Å². The Hall–Kier alpha value is -1.13. The summed E-state index contributed by atoms with van der Waals surface area (Å²) in [6, 6.07) is 2.13. The van der Waals surface area contributed by atoms with Crippen molar-refractivity contribution in [1.82, 2.24) is 10.6 Å². The van der Waals surface area contributed by atoms with E-state index in [0.29, 0.717) is 0 Å². The van der Waals surface area contributed by atoms with Crippen LogP contribution >= 0.6 is 11.3 Å². The molecule has 3 nitrogen and oxygen atoms in total. The fraction of sp³-hybridized carbons (Fsp3) is 0.588. The van der Waals surface area contributed by atoms with E-state index in [2.05, 4.69) is 22.8 Å². The van der Waals surface area contributed by atoms with E-state index in [9.17, 15) is 4.79 Å². The summed E-state index contributed by atoms with van der Waals surface area (Å²) in [5.74, 6) is 0.114. The number of hydrogen-bond donors (Lipinski definition) is 2. The molecule has 0 saturated carbocycles. The molecular formula is C17H24N2OS. The number of amides is 1. The van der Waals surface area contributed by atoms with Gasteiger partial charge >= 0.3 is 0 Å². The first-order valence-corrected chi connectivity index (χ1v) is 8.93. The Morgan fingerprint density at radius 1 is 1.24 bits per heavy atom. The van der Waals surface area contributed by atoms with E-state index >= 15 is 0 Å². The molecule has 0 saturated heterocycles. The molecule has 2 N–H and O–H groups in total. The molecule has 2 heterocycles. The summed E-state index contributed by atoms with van der Waals surface area (Å²) >= 11 is 1.71. The predicted molar refractivity (Wildman–Crippen MR) is 88.1 cm³/mol. The maximum Gasteiger partial charge on any atom is 0.261 e. The van der Waals surface area contributed by atoms with Crippen LogP contribution in [0.15, 0.2) is 17.7 Å². The molecule has 0 radical (unpaired) electrons. The van der Waals surface area contributed by atoms with E-state index in [0.717, 1.165) is 50.2 Å². The third-order valence-corrected chi connectivity index (χ3v) is 5.60. The number of thiophene rings is 1. The van der Waals surface area contributed by atoms with Crippen LogP contribution in [0.2, 0.25) is 0 Å². The number of nitrogens with one attached hydrogen (secondary N) is 2. The number of rotatable bonds is 4. The second kappa shape index (κ2) is 7.23. The fourth-order valence-electron chi connectivity index (χ4n) is 3.10. The third kappa shape index (κ3) is 3.95. The Morgan fingerprint density at radius 3 is 3.00 bits per heavy atom. The second-order valence-corrected chi connectivity index (χ2v) is 7.08. The van der Waals surface area contributed by atoms with Crippen molar-refractivity contribution in [1.29, 1.82) is 0 Å². The zero-order valence-corrected chi connectivity index (χ0v) is 13.4. The minimum absolute atomic E-state index is 0.114. The Bertz CT molecular complexity index is 509. The van der Waals surface area contributed by atoms with Gasteiger partial charge in [0.2, 0.25) is 0 Å². The normalized spacial score (nSPS) is 18.6. The number of aryl methyl sites for hydroxylation is 2. The molecule has 0 spiro atoms. The lowest BCUT2D eigenvalue weighted by atomic mass is 10.1. The van der Waals surface area contributed by atoms with Gasteiger partial charge in [0.1, 0.15) is 0 Å². The summed E-state index contributed by atoms with van der Waals surface area (Å²) in [5, 5.41) is 6.39. The Kier molecular flexibility index (Phi) is 5.09. The molecule has 4 heteroatoms. The summed E-state index contributed by atoms with van der Waals surface area (Å²) in [6.45, 7) is 2.80. The van der Waals surface area contributed by atoms with E-state index in [1.807, 2.05) is 0 Å². The van der Waals surface area contributed by atoms with Gasteiger partial charge in [0.05, 0.1) is 4.88 Å². The lowest BCUT2D eigenvalue weighted by molar-refractivity contribution is 0.0958. The van der Waals surface area contributed by atoms with Crippen LogP contribution in [0.25, 0.3) is 0 Å². The van der Waals surface area contributed by atoms with Crippen molar-refractivity contribution in [2.45, 2.75) is 44.9 Å². The lowest BCUT2D eigenvalue weighted by Gasteiger charge is -2.13. The van der Waals surface area contributed by atoms with E-state index in [-0.39, 0.29) is 5.91 Å². The minimum Gasteiger partial charge on any atom is -0.351 e. The van der Waals surface area contributed by atoms with E-state index in [1.165, 1.54) is 35.3 Å². The average molecular weight is 304 g/mol. The summed E-state index contributed by atoms with van der Waals surface area (Å²) in [7, 11) is 0.